The lowest BCUT2D eigenvalue weighted by Gasteiger charge is -2.44. The lowest BCUT2D eigenvalue weighted by Crippen LogP contribution is -2.46. The van der Waals surface area contributed by atoms with Crippen LogP contribution in [0.5, 0.6) is 5.75 Å². The van der Waals surface area contributed by atoms with Gasteiger partial charge in [-0.2, -0.15) is 0 Å². The van der Waals surface area contributed by atoms with Crippen LogP contribution in [-0.4, -0.2) is 30.6 Å². The average molecular weight is 286 g/mol. The van der Waals surface area contributed by atoms with Crippen molar-refractivity contribution in [3.63, 3.8) is 0 Å². The highest BCUT2D eigenvalue weighted by atomic mass is 16.5. The molecule has 21 heavy (non-hydrogen) atoms. The molecular weight excluding hydrogens is 260 g/mol. The van der Waals surface area contributed by atoms with Crippen molar-refractivity contribution in [2.75, 3.05) is 25.0 Å². The number of rotatable bonds is 2. The Morgan fingerprint density at radius 2 is 2.05 bits per heavy atom. The first kappa shape index (κ1) is 13.4. The standard InChI is InChI=1S/C18H26N2O/c1-2-9-17-14(5-1)7-4-11-20(17)13-15-6-3-8-16-18(15)21-12-10-19-16/h3,6,8,14,17,19H,1-2,4-5,7,9-13H2. The first-order valence-electron chi connectivity index (χ1n) is 8.64. The molecule has 0 amide bonds. The number of likely N-dealkylation sites (tertiary alicyclic amines) is 1. The molecule has 2 heterocycles. The number of fused-ring (bicyclic) bond motifs is 2. The summed E-state index contributed by atoms with van der Waals surface area (Å²) in [6.45, 7) is 4.03. The molecule has 2 fully saturated rings. The van der Waals surface area contributed by atoms with Gasteiger partial charge in [0.25, 0.3) is 0 Å². The van der Waals surface area contributed by atoms with Gasteiger partial charge in [-0.15, -0.1) is 0 Å². The van der Waals surface area contributed by atoms with Crippen molar-refractivity contribution in [3.8, 4) is 5.75 Å². The molecule has 2 unspecified atom stereocenters. The van der Waals surface area contributed by atoms with Crippen LogP contribution in [0.3, 0.4) is 0 Å². The monoisotopic (exact) mass is 286 g/mol. The number of piperidine rings is 1. The number of hydrogen-bond acceptors (Lipinski definition) is 3. The smallest absolute Gasteiger partial charge is 0.146 e. The van der Waals surface area contributed by atoms with Gasteiger partial charge < -0.3 is 10.1 Å². The molecule has 1 aliphatic carbocycles. The van der Waals surface area contributed by atoms with Crippen molar-refractivity contribution >= 4 is 5.69 Å². The van der Waals surface area contributed by atoms with Crippen LogP contribution in [0.4, 0.5) is 5.69 Å². The van der Waals surface area contributed by atoms with Crippen LogP contribution in [0.25, 0.3) is 0 Å². The first-order valence-corrected chi connectivity index (χ1v) is 8.64. The van der Waals surface area contributed by atoms with Crippen LogP contribution in [0.15, 0.2) is 18.2 Å². The maximum absolute atomic E-state index is 5.94. The van der Waals surface area contributed by atoms with Crippen molar-refractivity contribution in [1.82, 2.24) is 4.90 Å². The Kier molecular flexibility index (Phi) is 3.76. The summed E-state index contributed by atoms with van der Waals surface area (Å²) in [5, 5.41) is 3.45. The molecule has 3 nitrogen and oxygen atoms in total. The van der Waals surface area contributed by atoms with E-state index in [4.69, 9.17) is 4.74 Å². The van der Waals surface area contributed by atoms with E-state index in [9.17, 15) is 0 Å². The summed E-state index contributed by atoms with van der Waals surface area (Å²) in [6.07, 6.45) is 8.54. The molecule has 0 spiro atoms. The van der Waals surface area contributed by atoms with E-state index in [1.807, 2.05) is 0 Å². The second-order valence-corrected chi connectivity index (χ2v) is 6.79. The fourth-order valence-corrected chi connectivity index (χ4v) is 4.50. The van der Waals surface area contributed by atoms with E-state index in [0.29, 0.717) is 0 Å². The molecule has 1 N–H and O–H groups in total. The van der Waals surface area contributed by atoms with E-state index in [1.54, 1.807) is 0 Å². The Labute approximate surface area is 127 Å². The summed E-state index contributed by atoms with van der Waals surface area (Å²) < 4.78 is 5.94. The molecule has 114 valence electrons. The van der Waals surface area contributed by atoms with Crippen LogP contribution in [-0.2, 0) is 6.54 Å². The Hall–Kier alpha value is -1.22. The third-order valence-electron chi connectivity index (χ3n) is 5.49. The first-order chi connectivity index (χ1) is 10.4. The van der Waals surface area contributed by atoms with E-state index >= 15 is 0 Å². The van der Waals surface area contributed by atoms with E-state index in [0.717, 1.165) is 37.4 Å². The number of para-hydroxylation sites is 1. The van der Waals surface area contributed by atoms with Crippen LogP contribution in [0.1, 0.15) is 44.1 Å². The molecule has 2 atom stereocenters. The third-order valence-corrected chi connectivity index (χ3v) is 5.49. The second kappa shape index (κ2) is 5.88. The Balaban J connectivity index is 1.55. The van der Waals surface area contributed by atoms with Crippen LogP contribution >= 0.6 is 0 Å². The topological polar surface area (TPSA) is 24.5 Å². The predicted molar refractivity (Wildman–Crippen MR) is 85.8 cm³/mol. The van der Waals surface area contributed by atoms with Gasteiger partial charge in [-0.3, -0.25) is 4.90 Å². The molecule has 4 rings (SSSR count). The average Bonchev–Trinajstić information content (AvgIpc) is 2.56. The lowest BCUT2D eigenvalue weighted by molar-refractivity contribution is 0.0539. The molecule has 2 aliphatic heterocycles. The van der Waals surface area contributed by atoms with Gasteiger partial charge >= 0.3 is 0 Å². The molecule has 0 bridgehead atoms. The highest BCUT2D eigenvalue weighted by Crippen LogP contribution is 2.38. The molecule has 1 saturated carbocycles. The number of ether oxygens (including phenoxy) is 1. The van der Waals surface area contributed by atoms with Gasteiger partial charge in [-0.1, -0.05) is 25.0 Å². The fourth-order valence-electron chi connectivity index (χ4n) is 4.50. The molecular formula is C18H26N2O. The minimum Gasteiger partial charge on any atom is -0.489 e. The second-order valence-electron chi connectivity index (χ2n) is 6.79. The summed E-state index contributed by atoms with van der Waals surface area (Å²) >= 11 is 0. The maximum atomic E-state index is 5.94. The number of hydrogen-bond donors (Lipinski definition) is 1. The normalized spacial score (nSPS) is 29.0. The zero-order valence-corrected chi connectivity index (χ0v) is 12.8. The minimum absolute atomic E-state index is 0.788. The Morgan fingerprint density at radius 3 is 3.05 bits per heavy atom. The molecule has 1 aromatic rings. The molecule has 0 radical (unpaired) electrons. The van der Waals surface area contributed by atoms with Crippen LogP contribution in [0.2, 0.25) is 0 Å². The lowest BCUT2D eigenvalue weighted by atomic mass is 9.78. The van der Waals surface area contributed by atoms with Gasteiger partial charge in [-0.05, 0) is 44.2 Å². The Bertz CT molecular complexity index is 500. The summed E-state index contributed by atoms with van der Waals surface area (Å²) in [5.41, 5.74) is 2.54. The van der Waals surface area contributed by atoms with E-state index < -0.39 is 0 Å². The zero-order valence-electron chi connectivity index (χ0n) is 12.8. The van der Waals surface area contributed by atoms with Gasteiger partial charge in [-0.25, -0.2) is 0 Å². The molecule has 0 aromatic heterocycles. The van der Waals surface area contributed by atoms with Gasteiger partial charge in [0.2, 0.25) is 0 Å². The molecule has 3 heteroatoms. The summed E-state index contributed by atoms with van der Waals surface area (Å²) in [7, 11) is 0. The number of nitrogens with zero attached hydrogens (tertiary/aromatic N) is 1. The molecule has 1 aromatic carbocycles. The van der Waals surface area contributed by atoms with E-state index in [2.05, 4.69) is 28.4 Å². The quantitative estimate of drug-likeness (QED) is 0.898. The van der Waals surface area contributed by atoms with Crippen molar-refractivity contribution < 1.29 is 4.74 Å². The fraction of sp³-hybridized carbons (Fsp3) is 0.667. The van der Waals surface area contributed by atoms with Gasteiger partial charge in [0.05, 0.1) is 5.69 Å². The van der Waals surface area contributed by atoms with Crippen molar-refractivity contribution in [2.45, 2.75) is 51.1 Å². The van der Waals surface area contributed by atoms with Crippen molar-refractivity contribution in [1.29, 1.82) is 0 Å². The third kappa shape index (κ3) is 2.64. The van der Waals surface area contributed by atoms with Crippen LogP contribution < -0.4 is 10.1 Å². The number of anilines is 1. The number of nitrogens with one attached hydrogen (secondary N) is 1. The Morgan fingerprint density at radius 1 is 1.14 bits per heavy atom. The van der Waals surface area contributed by atoms with Crippen LogP contribution in [0, 0.1) is 5.92 Å². The van der Waals surface area contributed by atoms with E-state index in [-0.39, 0.29) is 0 Å². The maximum Gasteiger partial charge on any atom is 0.146 e. The molecule has 3 aliphatic rings. The number of benzene rings is 1. The van der Waals surface area contributed by atoms with Crippen molar-refractivity contribution in [2.24, 2.45) is 5.92 Å². The van der Waals surface area contributed by atoms with E-state index in [1.165, 1.54) is 56.3 Å². The minimum atomic E-state index is 0.788. The van der Waals surface area contributed by atoms with Gasteiger partial charge in [0.15, 0.2) is 0 Å². The zero-order chi connectivity index (χ0) is 14.1. The summed E-state index contributed by atoms with van der Waals surface area (Å²) in [5.74, 6) is 2.05. The summed E-state index contributed by atoms with van der Waals surface area (Å²) in [6, 6.07) is 7.37. The SMILES string of the molecule is c1cc(CN2CCCC3CCCCC32)c2c(c1)NCCO2. The van der Waals surface area contributed by atoms with Crippen molar-refractivity contribution in [3.05, 3.63) is 23.8 Å². The largest absolute Gasteiger partial charge is 0.489 e. The van der Waals surface area contributed by atoms with Gasteiger partial charge in [0.1, 0.15) is 12.4 Å². The summed E-state index contributed by atoms with van der Waals surface area (Å²) in [4.78, 5) is 2.74. The highest BCUT2D eigenvalue weighted by Gasteiger charge is 2.33. The predicted octanol–water partition coefficient (Wildman–Crippen LogP) is 3.65. The molecule has 1 saturated heterocycles. The van der Waals surface area contributed by atoms with Gasteiger partial charge in [0, 0.05) is 24.7 Å². The highest BCUT2D eigenvalue weighted by molar-refractivity contribution is 5.61.